The summed E-state index contributed by atoms with van der Waals surface area (Å²) in [6.45, 7) is 3.56. The fourth-order valence-electron chi connectivity index (χ4n) is 2.30. The molecule has 0 unspecified atom stereocenters. The molecular weight excluding hydrogens is 244 g/mol. The van der Waals surface area contributed by atoms with Gasteiger partial charge in [-0.3, -0.25) is 4.79 Å². The molecule has 0 spiro atoms. The van der Waals surface area contributed by atoms with E-state index in [9.17, 15) is 9.59 Å². The first-order chi connectivity index (χ1) is 9.00. The summed E-state index contributed by atoms with van der Waals surface area (Å²) < 4.78 is 1.96. The lowest BCUT2D eigenvalue weighted by Crippen LogP contribution is -2.45. The van der Waals surface area contributed by atoms with Crippen LogP contribution in [0.15, 0.2) is 18.3 Å². The topological polar surface area (TPSA) is 71.3 Å². The molecule has 0 aromatic carbocycles. The highest BCUT2D eigenvalue weighted by molar-refractivity contribution is 5.95. The van der Waals surface area contributed by atoms with Gasteiger partial charge in [0.1, 0.15) is 11.7 Å². The Balaban J connectivity index is 2.11. The molecule has 104 valence electrons. The zero-order chi connectivity index (χ0) is 14.0. The Hall–Kier alpha value is -1.78. The number of hydrogen-bond donors (Lipinski definition) is 2. The summed E-state index contributed by atoms with van der Waals surface area (Å²) in [5.74, 6) is -1.45. The first-order valence-electron chi connectivity index (χ1n) is 6.71. The maximum atomic E-state index is 12.2. The van der Waals surface area contributed by atoms with Crippen molar-refractivity contribution in [1.82, 2.24) is 9.88 Å². The van der Waals surface area contributed by atoms with Gasteiger partial charge in [0.25, 0.3) is 5.91 Å². The van der Waals surface area contributed by atoms with E-state index in [4.69, 9.17) is 5.11 Å². The lowest BCUT2D eigenvalue weighted by atomic mass is 9.93. The molecule has 1 aliphatic rings. The number of aromatic nitrogens is 1. The molecule has 0 bridgehead atoms. The molecule has 5 heteroatoms. The average molecular weight is 264 g/mol. The van der Waals surface area contributed by atoms with Gasteiger partial charge in [0.05, 0.1) is 0 Å². The highest BCUT2D eigenvalue weighted by Crippen LogP contribution is 2.32. The molecule has 19 heavy (non-hydrogen) atoms. The summed E-state index contributed by atoms with van der Waals surface area (Å²) in [7, 11) is 0. The van der Waals surface area contributed by atoms with E-state index >= 15 is 0 Å². The minimum absolute atomic E-state index is 0.145. The van der Waals surface area contributed by atoms with E-state index in [2.05, 4.69) is 5.32 Å². The number of nitrogens with zero attached hydrogens (tertiary/aromatic N) is 1. The van der Waals surface area contributed by atoms with Crippen molar-refractivity contribution < 1.29 is 14.7 Å². The van der Waals surface area contributed by atoms with Gasteiger partial charge in [0.2, 0.25) is 0 Å². The van der Waals surface area contributed by atoms with E-state index < -0.39 is 12.0 Å². The second-order valence-electron chi connectivity index (χ2n) is 5.42. The van der Waals surface area contributed by atoms with E-state index in [1.54, 1.807) is 19.9 Å². The molecule has 1 heterocycles. The fraction of sp³-hybridized carbons (Fsp3) is 0.571. The van der Waals surface area contributed by atoms with E-state index in [1.165, 1.54) is 6.42 Å². The maximum Gasteiger partial charge on any atom is 0.326 e. The highest BCUT2D eigenvalue weighted by Gasteiger charge is 2.27. The monoisotopic (exact) mass is 264 g/mol. The minimum atomic E-state index is -0.995. The van der Waals surface area contributed by atoms with E-state index in [-0.39, 0.29) is 11.8 Å². The van der Waals surface area contributed by atoms with Crippen molar-refractivity contribution in [3.8, 4) is 0 Å². The Morgan fingerprint density at radius 2 is 2.11 bits per heavy atom. The largest absolute Gasteiger partial charge is 0.480 e. The molecule has 0 aliphatic heterocycles. The third kappa shape index (κ3) is 2.80. The van der Waals surface area contributed by atoms with Crippen LogP contribution in [-0.4, -0.2) is 27.6 Å². The molecule has 1 aromatic rings. The van der Waals surface area contributed by atoms with Gasteiger partial charge in [-0.05, 0) is 37.3 Å². The second-order valence-corrected chi connectivity index (χ2v) is 5.42. The van der Waals surface area contributed by atoms with Gasteiger partial charge >= 0.3 is 5.97 Å². The number of aliphatic carboxylic acids is 1. The SMILES string of the molecule is CC(C)[C@H](NC(=O)c1cccn1C1CCC1)C(=O)O. The number of hydrogen-bond acceptors (Lipinski definition) is 2. The first-order valence-corrected chi connectivity index (χ1v) is 6.71. The van der Waals surface area contributed by atoms with Crippen molar-refractivity contribution >= 4 is 11.9 Å². The van der Waals surface area contributed by atoms with Gasteiger partial charge in [-0.1, -0.05) is 13.8 Å². The van der Waals surface area contributed by atoms with Crippen LogP contribution in [0, 0.1) is 5.92 Å². The number of carbonyl (C=O) groups is 2. The maximum absolute atomic E-state index is 12.2. The van der Waals surface area contributed by atoms with Crippen molar-refractivity contribution in [3.05, 3.63) is 24.0 Å². The van der Waals surface area contributed by atoms with Gasteiger partial charge in [-0.25, -0.2) is 4.79 Å². The lowest BCUT2D eigenvalue weighted by molar-refractivity contribution is -0.140. The van der Waals surface area contributed by atoms with Gasteiger partial charge in [-0.15, -0.1) is 0 Å². The average Bonchev–Trinajstić information content (AvgIpc) is 2.71. The van der Waals surface area contributed by atoms with Crippen LogP contribution >= 0.6 is 0 Å². The Labute approximate surface area is 112 Å². The quantitative estimate of drug-likeness (QED) is 0.855. The molecule has 1 fully saturated rings. The second kappa shape index (κ2) is 5.47. The summed E-state index contributed by atoms with van der Waals surface area (Å²) in [4.78, 5) is 23.3. The lowest BCUT2D eigenvalue weighted by Gasteiger charge is -2.29. The van der Waals surface area contributed by atoms with Gasteiger partial charge in [0, 0.05) is 12.2 Å². The van der Waals surface area contributed by atoms with Crippen LogP contribution < -0.4 is 5.32 Å². The molecule has 2 N–H and O–H groups in total. The van der Waals surface area contributed by atoms with Crippen molar-refractivity contribution in [1.29, 1.82) is 0 Å². The van der Waals surface area contributed by atoms with E-state index in [0.29, 0.717) is 11.7 Å². The van der Waals surface area contributed by atoms with Crippen LogP contribution in [0.4, 0.5) is 0 Å². The molecular formula is C14H20N2O3. The molecule has 1 atom stereocenters. The smallest absolute Gasteiger partial charge is 0.326 e. The third-order valence-electron chi connectivity index (χ3n) is 3.70. The Morgan fingerprint density at radius 1 is 1.42 bits per heavy atom. The normalized spacial score (nSPS) is 17.0. The summed E-state index contributed by atoms with van der Waals surface area (Å²) in [6.07, 6.45) is 5.25. The predicted molar refractivity (Wildman–Crippen MR) is 71.0 cm³/mol. The molecule has 5 nitrogen and oxygen atoms in total. The van der Waals surface area contributed by atoms with E-state index in [1.807, 2.05) is 16.8 Å². The summed E-state index contributed by atoms with van der Waals surface area (Å²) >= 11 is 0. The number of carboxylic acid groups (broad SMARTS) is 1. The van der Waals surface area contributed by atoms with Crippen LogP contribution in [0.5, 0.6) is 0 Å². The molecule has 0 radical (unpaired) electrons. The molecule has 1 aliphatic carbocycles. The van der Waals surface area contributed by atoms with Crippen molar-refractivity contribution in [2.45, 2.75) is 45.2 Å². The molecule has 0 saturated heterocycles. The Kier molecular flexibility index (Phi) is 3.93. The molecule has 2 rings (SSSR count). The first kappa shape index (κ1) is 13.6. The summed E-state index contributed by atoms with van der Waals surface area (Å²) in [6, 6.07) is 3.11. The number of carbonyl (C=O) groups excluding carboxylic acids is 1. The van der Waals surface area contributed by atoms with Gasteiger partial charge in [-0.2, -0.15) is 0 Å². The van der Waals surface area contributed by atoms with Crippen LogP contribution in [0.3, 0.4) is 0 Å². The van der Waals surface area contributed by atoms with E-state index in [0.717, 1.165) is 12.8 Å². The zero-order valence-electron chi connectivity index (χ0n) is 11.3. The Morgan fingerprint density at radius 3 is 2.58 bits per heavy atom. The van der Waals surface area contributed by atoms with Crippen LogP contribution in [-0.2, 0) is 4.79 Å². The molecule has 1 saturated carbocycles. The summed E-state index contributed by atoms with van der Waals surface area (Å²) in [5.41, 5.74) is 0.552. The fourth-order valence-corrected chi connectivity index (χ4v) is 2.30. The number of nitrogens with one attached hydrogen (secondary N) is 1. The number of amides is 1. The van der Waals surface area contributed by atoms with Crippen molar-refractivity contribution in [3.63, 3.8) is 0 Å². The van der Waals surface area contributed by atoms with Crippen molar-refractivity contribution in [2.24, 2.45) is 5.92 Å². The minimum Gasteiger partial charge on any atom is -0.480 e. The van der Waals surface area contributed by atoms with Gasteiger partial charge in [0.15, 0.2) is 0 Å². The van der Waals surface area contributed by atoms with Crippen LogP contribution in [0.1, 0.15) is 49.6 Å². The summed E-state index contributed by atoms with van der Waals surface area (Å²) in [5, 5.41) is 11.7. The predicted octanol–water partition coefficient (Wildman–Crippen LogP) is 2.05. The third-order valence-corrected chi connectivity index (χ3v) is 3.70. The van der Waals surface area contributed by atoms with Gasteiger partial charge < -0.3 is 15.0 Å². The van der Waals surface area contributed by atoms with Crippen LogP contribution in [0.25, 0.3) is 0 Å². The molecule has 1 aromatic heterocycles. The number of rotatable bonds is 5. The highest BCUT2D eigenvalue weighted by atomic mass is 16.4. The number of carboxylic acids is 1. The molecule has 1 amide bonds. The zero-order valence-corrected chi connectivity index (χ0v) is 11.3. The Bertz CT molecular complexity index is 475. The van der Waals surface area contributed by atoms with Crippen LogP contribution in [0.2, 0.25) is 0 Å². The standard InChI is InChI=1S/C14H20N2O3/c1-9(2)12(14(18)19)15-13(17)11-7-4-8-16(11)10-5-3-6-10/h4,7-10,12H,3,5-6H2,1-2H3,(H,15,17)(H,18,19)/t12-/m0/s1. The van der Waals surface area contributed by atoms with Crippen molar-refractivity contribution in [2.75, 3.05) is 0 Å².